The molecule has 22 heavy (non-hydrogen) atoms. The molecule has 0 saturated carbocycles. The van der Waals surface area contributed by atoms with E-state index in [1.807, 2.05) is 14.8 Å². The Morgan fingerprint density at radius 1 is 1.09 bits per heavy atom. The molecule has 3 aromatic rings. The van der Waals surface area contributed by atoms with Gasteiger partial charge in [-0.2, -0.15) is 0 Å². The van der Waals surface area contributed by atoms with E-state index in [-0.39, 0.29) is 16.0 Å². The number of hydrogen-bond donors (Lipinski definition) is 0. The van der Waals surface area contributed by atoms with Crippen molar-refractivity contribution in [2.24, 2.45) is 7.05 Å². The third kappa shape index (κ3) is 2.09. The molecule has 2 heterocycles. The van der Waals surface area contributed by atoms with Crippen molar-refractivity contribution in [1.82, 2.24) is 8.54 Å². The monoisotopic (exact) mass is 314 g/mol. The molecule has 112 valence electrons. The lowest BCUT2D eigenvalue weighted by Gasteiger charge is -2.09. The van der Waals surface area contributed by atoms with E-state index in [0.717, 1.165) is 15.0 Å². The van der Waals surface area contributed by atoms with E-state index < -0.39 is 10.0 Å². The van der Waals surface area contributed by atoms with Gasteiger partial charge in [0, 0.05) is 24.8 Å². The molecule has 3 rings (SSSR count). The molecule has 0 fully saturated rings. The molecule has 0 amide bonds. The van der Waals surface area contributed by atoms with E-state index in [4.69, 9.17) is 0 Å². The minimum absolute atomic E-state index is 0.166. The lowest BCUT2D eigenvalue weighted by Crippen LogP contribution is -2.26. The first kappa shape index (κ1) is 14.7. The fourth-order valence-corrected chi connectivity index (χ4v) is 3.90. The Morgan fingerprint density at radius 3 is 2.36 bits per heavy atom. The van der Waals surface area contributed by atoms with Crippen molar-refractivity contribution in [2.75, 3.05) is 0 Å². The Morgan fingerprint density at radius 2 is 1.73 bits per heavy atom. The summed E-state index contributed by atoms with van der Waals surface area (Å²) in [6.07, 6.45) is 3.14. The van der Waals surface area contributed by atoms with Crippen LogP contribution in [0.5, 0.6) is 0 Å². The molecule has 0 saturated heterocycles. The first-order valence-electron chi connectivity index (χ1n) is 6.82. The highest BCUT2D eigenvalue weighted by Crippen LogP contribution is 2.19. The number of aromatic nitrogens is 2. The molecule has 2 aromatic heterocycles. The van der Waals surface area contributed by atoms with Gasteiger partial charge in [-0.3, -0.25) is 4.79 Å². The lowest BCUT2D eigenvalue weighted by molar-refractivity contribution is 0.589. The van der Waals surface area contributed by atoms with Gasteiger partial charge >= 0.3 is 0 Å². The van der Waals surface area contributed by atoms with Crippen molar-refractivity contribution in [3.8, 4) is 0 Å². The van der Waals surface area contributed by atoms with Crippen molar-refractivity contribution >= 4 is 34.2 Å². The van der Waals surface area contributed by atoms with Crippen LogP contribution in [0.15, 0.2) is 52.4 Å². The Labute approximate surface area is 129 Å². The number of hydrogen-bond acceptors (Lipinski definition) is 3. The van der Waals surface area contributed by atoms with E-state index >= 15 is 0 Å². The van der Waals surface area contributed by atoms with Gasteiger partial charge in [0.1, 0.15) is 13.4 Å². The van der Waals surface area contributed by atoms with Crippen LogP contribution in [0.1, 0.15) is 5.56 Å². The average molecular weight is 314 g/mol. The summed E-state index contributed by atoms with van der Waals surface area (Å²) in [5.41, 5.74) is 1.68. The summed E-state index contributed by atoms with van der Waals surface area (Å²) < 4.78 is 28.1. The number of pyridine rings is 1. The van der Waals surface area contributed by atoms with E-state index in [1.54, 1.807) is 43.6 Å². The number of rotatable bonds is 2. The zero-order valence-corrected chi connectivity index (χ0v) is 13.4. The molecule has 0 bridgehead atoms. The normalized spacial score (nSPS) is 11.9. The summed E-state index contributed by atoms with van der Waals surface area (Å²) in [6, 6.07) is 8.25. The summed E-state index contributed by atoms with van der Waals surface area (Å²) in [4.78, 5) is 12.5. The molecular weight excluding hydrogens is 299 g/mol. The first-order chi connectivity index (χ1) is 10.3. The summed E-state index contributed by atoms with van der Waals surface area (Å²) >= 11 is 0. The van der Waals surface area contributed by atoms with Crippen LogP contribution in [-0.2, 0) is 17.1 Å². The maximum atomic E-state index is 12.8. The van der Waals surface area contributed by atoms with Crippen LogP contribution in [0, 0.1) is 6.92 Å². The van der Waals surface area contributed by atoms with Gasteiger partial charge in [-0.15, -0.1) is 0 Å². The van der Waals surface area contributed by atoms with E-state index in [0.29, 0.717) is 5.39 Å². The zero-order chi connectivity index (χ0) is 16.1. The quantitative estimate of drug-likeness (QED) is 0.632. The van der Waals surface area contributed by atoms with Crippen molar-refractivity contribution in [3.05, 3.63) is 58.6 Å². The lowest BCUT2D eigenvalue weighted by atomic mass is 9.95. The molecule has 0 unspecified atom stereocenters. The number of aryl methyl sites for hydroxylation is 2. The molecular formula is C15H15BN2O3S. The third-order valence-electron chi connectivity index (χ3n) is 3.76. The van der Waals surface area contributed by atoms with Crippen LogP contribution in [0.3, 0.4) is 0 Å². The largest absolute Gasteiger partial charge is 0.317 e. The Bertz CT molecular complexity index is 1030. The van der Waals surface area contributed by atoms with Crippen LogP contribution >= 0.6 is 0 Å². The second kappa shape index (κ2) is 4.88. The Kier molecular flexibility index (Phi) is 3.25. The van der Waals surface area contributed by atoms with Crippen molar-refractivity contribution < 1.29 is 8.42 Å². The van der Waals surface area contributed by atoms with Gasteiger partial charge in [0.2, 0.25) is 0 Å². The standard InChI is InChI=1S/C15H15BN2O3S/c1-10-3-5-11(6-4-10)22(20,21)18-8-7-12-13(16)9-17(2)15(19)14(12)18/h3-9H,16H2,1-2H3. The number of nitrogens with zero attached hydrogens (tertiary/aromatic N) is 2. The van der Waals surface area contributed by atoms with Crippen LogP contribution in [0.25, 0.3) is 10.9 Å². The fraction of sp³-hybridized carbons (Fsp3) is 0.133. The van der Waals surface area contributed by atoms with E-state index in [2.05, 4.69) is 0 Å². The summed E-state index contributed by atoms with van der Waals surface area (Å²) in [7, 11) is -0.324. The van der Waals surface area contributed by atoms with Gasteiger partial charge in [-0.25, -0.2) is 12.4 Å². The highest BCUT2D eigenvalue weighted by atomic mass is 32.2. The van der Waals surface area contributed by atoms with Gasteiger partial charge in [-0.05, 0) is 25.1 Å². The van der Waals surface area contributed by atoms with Gasteiger partial charge < -0.3 is 4.57 Å². The second-order valence-corrected chi connectivity index (χ2v) is 7.24. The van der Waals surface area contributed by atoms with Crippen LogP contribution in [-0.4, -0.2) is 24.8 Å². The van der Waals surface area contributed by atoms with Gasteiger partial charge in [-0.1, -0.05) is 23.2 Å². The first-order valence-corrected chi connectivity index (χ1v) is 8.26. The average Bonchev–Trinajstić information content (AvgIpc) is 2.91. The highest BCUT2D eigenvalue weighted by Gasteiger charge is 2.21. The van der Waals surface area contributed by atoms with E-state index in [9.17, 15) is 13.2 Å². The predicted molar refractivity (Wildman–Crippen MR) is 89.1 cm³/mol. The summed E-state index contributed by atoms with van der Waals surface area (Å²) in [5.74, 6) is 0. The second-order valence-electron chi connectivity index (χ2n) is 5.42. The molecule has 0 aliphatic rings. The maximum absolute atomic E-state index is 12.8. The Hall–Kier alpha value is -2.28. The molecule has 0 atom stereocenters. The SMILES string of the molecule is Bc1cn(C)c(=O)c2c1ccn2S(=O)(=O)c1ccc(C)cc1. The van der Waals surface area contributed by atoms with Crippen LogP contribution < -0.4 is 11.0 Å². The van der Waals surface area contributed by atoms with Crippen LogP contribution in [0.4, 0.5) is 0 Å². The molecule has 0 aliphatic heterocycles. The van der Waals surface area contributed by atoms with Crippen LogP contribution in [0.2, 0.25) is 0 Å². The predicted octanol–water partition coefficient (Wildman–Crippen LogP) is 0.144. The molecule has 5 nitrogen and oxygen atoms in total. The third-order valence-corrected chi connectivity index (χ3v) is 5.46. The number of benzene rings is 1. The molecule has 0 spiro atoms. The summed E-state index contributed by atoms with van der Waals surface area (Å²) in [5, 5.41) is 0.652. The zero-order valence-electron chi connectivity index (χ0n) is 12.6. The van der Waals surface area contributed by atoms with Crippen molar-refractivity contribution in [3.63, 3.8) is 0 Å². The van der Waals surface area contributed by atoms with Gasteiger partial charge in [0.15, 0.2) is 0 Å². The minimum atomic E-state index is -3.79. The smallest absolute Gasteiger partial charge is 0.275 e. The minimum Gasteiger partial charge on any atom is -0.317 e. The van der Waals surface area contributed by atoms with Gasteiger partial charge in [0.25, 0.3) is 15.6 Å². The molecule has 0 N–H and O–H groups in total. The van der Waals surface area contributed by atoms with Crippen molar-refractivity contribution in [2.45, 2.75) is 11.8 Å². The molecule has 1 aromatic carbocycles. The number of fused-ring (bicyclic) bond motifs is 1. The molecule has 0 aliphatic carbocycles. The fourth-order valence-electron chi connectivity index (χ4n) is 2.55. The van der Waals surface area contributed by atoms with Crippen molar-refractivity contribution in [1.29, 1.82) is 0 Å². The highest BCUT2D eigenvalue weighted by molar-refractivity contribution is 7.90. The van der Waals surface area contributed by atoms with Gasteiger partial charge in [0.05, 0.1) is 4.90 Å². The Balaban J connectivity index is 2.35. The summed E-state index contributed by atoms with van der Waals surface area (Å²) in [6.45, 7) is 1.89. The topological polar surface area (TPSA) is 61.1 Å². The molecule has 7 heteroatoms. The molecule has 0 radical (unpaired) electrons. The van der Waals surface area contributed by atoms with E-state index in [1.165, 1.54) is 10.8 Å². The maximum Gasteiger partial charge on any atom is 0.275 e.